The van der Waals surface area contributed by atoms with Gasteiger partial charge in [0.25, 0.3) is 0 Å². The lowest BCUT2D eigenvalue weighted by Crippen LogP contribution is -2.39. The van der Waals surface area contributed by atoms with Gasteiger partial charge in [0, 0.05) is 6.54 Å². The molecule has 0 spiro atoms. The van der Waals surface area contributed by atoms with Gasteiger partial charge in [0.1, 0.15) is 11.4 Å². The van der Waals surface area contributed by atoms with Gasteiger partial charge in [-0.05, 0) is 50.6 Å². The highest BCUT2D eigenvalue weighted by Gasteiger charge is 2.45. The summed E-state index contributed by atoms with van der Waals surface area (Å²) in [7, 11) is 5.53. The van der Waals surface area contributed by atoms with E-state index < -0.39 is 5.60 Å². The lowest BCUT2D eigenvalue weighted by molar-refractivity contribution is -0.00998. The molecule has 1 aromatic rings. The van der Waals surface area contributed by atoms with Crippen molar-refractivity contribution in [3.05, 3.63) is 28.8 Å². The highest BCUT2D eigenvalue weighted by Crippen LogP contribution is 2.47. The lowest BCUT2D eigenvalue weighted by Gasteiger charge is -2.32. The van der Waals surface area contributed by atoms with Crippen molar-refractivity contribution in [3.63, 3.8) is 0 Å². The van der Waals surface area contributed by atoms with Crippen molar-refractivity contribution in [2.75, 3.05) is 27.7 Å². The maximum atomic E-state index is 10.9. The first-order valence-corrected chi connectivity index (χ1v) is 6.56. The SMILES string of the molecule is COc1ccc(C(O)(CN(C)C)C2CC2)cc1Cl. The molecule has 0 saturated heterocycles. The molecule has 100 valence electrons. The van der Waals surface area contributed by atoms with Gasteiger partial charge in [-0.1, -0.05) is 17.7 Å². The van der Waals surface area contributed by atoms with Crippen LogP contribution in [0.15, 0.2) is 18.2 Å². The van der Waals surface area contributed by atoms with Crippen molar-refractivity contribution in [3.8, 4) is 5.75 Å². The van der Waals surface area contributed by atoms with Crippen molar-refractivity contribution in [1.29, 1.82) is 0 Å². The van der Waals surface area contributed by atoms with Crippen LogP contribution in [-0.2, 0) is 5.60 Å². The summed E-state index contributed by atoms with van der Waals surface area (Å²) >= 11 is 6.15. The molecule has 1 fully saturated rings. The number of likely N-dealkylation sites (N-methyl/N-ethyl adjacent to an activating group) is 1. The first-order valence-electron chi connectivity index (χ1n) is 6.18. The van der Waals surface area contributed by atoms with Crippen molar-refractivity contribution in [2.45, 2.75) is 18.4 Å². The van der Waals surface area contributed by atoms with Crippen LogP contribution in [-0.4, -0.2) is 37.8 Å². The standard InChI is InChI=1S/C14H20ClNO2/c1-16(2)9-14(17,10-4-5-10)11-6-7-13(18-3)12(15)8-11/h6-8,10,17H,4-5,9H2,1-3H3. The summed E-state index contributed by atoms with van der Waals surface area (Å²) < 4.78 is 5.15. The van der Waals surface area contributed by atoms with Gasteiger partial charge in [-0.3, -0.25) is 0 Å². The molecule has 1 atom stereocenters. The molecule has 4 heteroatoms. The van der Waals surface area contributed by atoms with E-state index >= 15 is 0 Å². The molecule has 1 aliphatic carbocycles. The Labute approximate surface area is 113 Å². The van der Waals surface area contributed by atoms with Crippen LogP contribution in [0.3, 0.4) is 0 Å². The number of ether oxygens (including phenoxy) is 1. The van der Waals surface area contributed by atoms with E-state index in [-0.39, 0.29) is 0 Å². The predicted octanol–water partition coefficient (Wildman–Crippen LogP) is 2.51. The Bertz CT molecular complexity index is 432. The average Bonchev–Trinajstić information content (AvgIpc) is 3.11. The third-order valence-electron chi connectivity index (χ3n) is 3.46. The minimum atomic E-state index is -0.806. The molecule has 0 radical (unpaired) electrons. The maximum absolute atomic E-state index is 10.9. The highest BCUT2D eigenvalue weighted by molar-refractivity contribution is 6.32. The third-order valence-corrected chi connectivity index (χ3v) is 3.76. The molecule has 1 unspecified atom stereocenters. The van der Waals surface area contributed by atoms with Crippen molar-refractivity contribution >= 4 is 11.6 Å². The minimum Gasteiger partial charge on any atom is -0.495 e. The quantitative estimate of drug-likeness (QED) is 0.892. The summed E-state index contributed by atoms with van der Waals surface area (Å²) in [6.45, 7) is 0.611. The Morgan fingerprint density at radius 1 is 1.44 bits per heavy atom. The normalized spacial score (nSPS) is 18.8. The number of nitrogens with zero attached hydrogens (tertiary/aromatic N) is 1. The third kappa shape index (κ3) is 2.63. The van der Waals surface area contributed by atoms with Gasteiger partial charge < -0.3 is 14.7 Å². The van der Waals surface area contributed by atoms with Gasteiger partial charge in [0.05, 0.1) is 12.1 Å². The summed E-state index contributed by atoms with van der Waals surface area (Å²) in [5, 5.41) is 11.5. The van der Waals surface area contributed by atoms with Gasteiger partial charge in [0.15, 0.2) is 0 Å². The molecule has 0 bridgehead atoms. The van der Waals surface area contributed by atoms with Crippen LogP contribution >= 0.6 is 11.6 Å². The number of rotatable bonds is 5. The Morgan fingerprint density at radius 3 is 2.56 bits per heavy atom. The molecular weight excluding hydrogens is 250 g/mol. The summed E-state index contributed by atoms with van der Waals surface area (Å²) in [5.41, 5.74) is 0.0730. The van der Waals surface area contributed by atoms with Crippen LogP contribution in [0.5, 0.6) is 5.75 Å². The van der Waals surface area contributed by atoms with Gasteiger partial charge in [0.2, 0.25) is 0 Å². The molecular formula is C14H20ClNO2. The van der Waals surface area contributed by atoms with Crippen LogP contribution in [0.1, 0.15) is 18.4 Å². The zero-order valence-electron chi connectivity index (χ0n) is 11.1. The first-order chi connectivity index (χ1) is 8.47. The molecule has 18 heavy (non-hydrogen) atoms. The Kier molecular flexibility index (Phi) is 3.85. The molecule has 1 aromatic carbocycles. The van der Waals surface area contributed by atoms with E-state index in [2.05, 4.69) is 0 Å². The topological polar surface area (TPSA) is 32.7 Å². The van der Waals surface area contributed by atoms with E-state index in [1.54, 1.807) is 7.11 Å². The lowest BCUT2D eigenvalue weighted by atomic mass is 9.88. The van der Waals surface area contributed by atoms with Crippen LogP contribution in [0, 0.1) is 5.92 Å². The van der Waals surface area contributed by atoms with Gasteiger partial charge in [-0.2, -0.15) is 0 Å². The molecule has 0 aromatic heterocycles. The Hall–Kier alpha value is -0.770. The van der Waals surface area contributed by atoms with Crippen LogP contribution in [0.4, 0.5) is 0 Å². The largest absolute Gasteiger partial charge is 0.495 e. The van der Waals surface area contributed by atoms with Gasteiger partial charge in [-0.15, -0.1) is 0 Å². The second-order valence-corrected chi connectivity index (χ2v) is 5.69. The number of aliphatic hydroxyl groups is 1. The van der Waals surface area contributed by atoms with E-state index in [9.17, 15) is 5.11 Å². The average molecular weight is 270 g/mol. The fourth-order valence-corrected chi connectivity index (χ4v) is 2.69. The smallest absolute Gasteiger partial charge is 0.137 e. The van der Waals surface area contributed by atoms with E-state index in [4.69, 9.17) is 16.3 Å². The Morgan fingerprint density at radius 2 is 2.11 bits per heavy atom. The molecule has 0 aliphatic heterocycles. The van der Waals surface area contributed by atoms with E-state index in [1.807, 2.05) is 37.2 Å². The second kappa shape index (κ2) is 5.08. The monoisotopic (exact) mass is 269 g/mol. The van der Waals surface area contributed by atoms with Crippen molar-refractivity contribution in [2.24, 2.45) is 5.92 Å². The summed E-state index contributed by atoms with van der Waals surface area (Å²) in [5.74, 6) is 0.979. The number of benzene rings is 1. The molecule has 3 nitrogen and oxygen atoms in total. The molecule has 1 N–H and O–H groups in total. The van der Waals surface area contributed by atoms with E-state index in [1.165, 1.54) is 0 Å². The van der Waals surface area contributed by atoms with E-state index in [0.29, 0.717) is 23.2 Å². The highest BCUT2D eigenvalue weighted by atomic mass is 35.5. The van der Waals surface area contributed by atoms with Crippen LogP contribution in [0.25, 0.3) is 0 Å². The predicted molar refractivity (Wildman–Crippen MR) is 73.2 cm³/mol. The van der Waals surface area contributed by atoms with Crippen molar-refractivity contribution < 1.29 is 9.84 Å². The molecule has 0 heterocycles. The minimum absolute atomic E-state index is 0.337. The molecule has 1 aliphatic rings. The van der Waals surface area contributed by atoms with Crippen LogP contribution in [0.2, 0.25) is 5.02 Å². The summed E-state index contributed by atoms with van der Waals surface area (Å²) in [6, 6.07) is 5.55. The fourth-order valence-electron chi connectivity index (χ4n) is 2.43. The van der Waals surface area contributed by atoms with Gasteiger partial charge in [-0.25, -0.2) is 0 Å². The molecule has 1 saturated carbocycles. The fraction of sp³-hybridized carbons (Fsp3) is 0.571. The van der Waals surface area contributed by atoms with Crippen molar-refractivity contribution in [1.82, 2.24) is 4.90 Å². The first kappa shape index (κ1) is 13.7. The number of hydrogen-bond acceptors (Lipinski definition) is 3. The zero-order valence-corrected chi connectivity index (χ0v) is 11.9. The number of hydrogen-bond donors (Lipinski definition) is 1. The summed E-state index contributed by atoms with van der Waals surface area (Å²) in [6.07, 6.45) is 2.15. The maximum Gasteiger partial charge on any atom is 0.137 e. The second-order valence-electron chi connectivity index (χ2n) is 5.29. The number of halogens is 1. The zero-order chi connectivity index (χ0) is 13.3. The molecule has 2 rings (SSSR count). The van der Waals surface area contributed by atoms with E-state index in [0.717, 1.165) is 18.4 Å². The Balaban J connectivity index is 2.33. The van der Waals surface area contributed by atoms with Crippen LogP contribution < -0.4 is 4.74 Å². The number of methoxy groups -OCH3 is 1. The molecule has 0 amide bonds. The van der Waals surface area contributed by atoms with Gasteiger partial charge >= 0.3 is 0 Å². The summed E-state index contributed by atoms with van der Waals surface area (Å²) in [4.78, 5) is 2.01.